The van der Waals surface area contributed by atoms with Crippen LogP contribution in [0.15, 0.2) is 72.1 Å². The third-order valence-corrected chi connectivity index (χ3v) is 3.34. The molecule has 0 spiro atoms. The summed E-state index contributed by atoms with van der Waals surface area (Å²) >= 11 is 0. The molecule has 0 atom stereocenters. The Morgan fingerprint density at radius 3 is 2.74 bits per heavy atom. The van der Waals surface area contributed by atoms with E-state index in [0.29, 0.717) is 5.57 Å². The Hall–Kier alpha value is -2.81. The fourth-order valence-corrected chi connectivity index (χ4v) is 2.25. The second-order valence-corrected chi connectivity index (χ2v) is 5.52. The minimum atomic E-state index is -0.936. The summed E-state index contributed by atoms with van der Waals surface area (Å²) in [7, 11) is 0. The van der Waals surface area contributed by atoms with Crippen LogP contribution in [0.4, 0.5) is 0 Å². The van der Waals surface area contributed by atoms with Gasteiger partial charge in [0.25, 0.3) is 0 Å². The average Bonchev–Trinajstić information content (AvgIpc) is 2.46. The summed E-state index contributed by atoms with van der Waals surface area (Å²) in [5, 5.41) is 8.67. The fourth-order valence-electron chi connectivity index (χ4n) is 2.25. The molecule has 1 aromatic rings. The quantitative estimate of drug-likeness (QED) is 0.641. The molecule has 0 radical (unpaired) electrons. The fraction of sp³-hybridized carbons (Fsp3) is 0.150. The highest BCUT2D eigenvalue weighted by Gasteiger charge is 2.10. The summed E-state index contributed by atoms with van der Waals surface area (Å²) in [5.41, 5.74) is 5.08. The number of fused-ring (bicyclic) bond motifs is 1. The lowest BCUT2D eigenvalue weighted by Crippen LogP contribution is -1.96. The number of aryl methyl sites for hydroxylation is 1. The summed E-state index contributed by atoms with van der Waals surface area (Å²) in [6.07, 6.45) is 12.5. The molecule has 0 aromatic heterocycles. The first-order valence-electron chi connectivity index (χ1n) is 7.38. The number of hydrogen-bond acceptors (Lipinski definition) is 2. The number of carboxylic acids is 1. The molecule has 1 N–H and O–H groups in total. The van der Waals surface area contributed by atoms with Crippen molar-refractivity contribution in [3.8, 4) is 5.75 Å². The zero-order valence-corrected chi connectivity index (χ0v) is 13.5. The van der Waals surface area contributed by atoms with Crippen LogP contribution in [0.3, 0.4) is 0 Å². The van der Waals surface area contributed by atoms with Crippen LogP contribution in [-0.4, -0.2) is 11.1 Å². The lowest BCUT2D eigenvalue weighted by molar-refractivity contribution is -0.131. The predicted octanol–water partition coefficient (Wildman–Crippen LogP) is 4.82. The number of carboxylic acid groups (broad SMARTS) is 1. The van der Waals surface area contributed by atoms with Gasteiger partial charge < -0.3 is 9.84 Å². The largest absolute Gasteiger partial charge is 0.478 e. The van der Waals surface area contributed by atoms with E-state index in [-0.39, 0.29) is 0 Å². The van der Waals surface area contributed by atoms with Crippen LogP contribution in [-0.2, 0) is 4.79 Å². The van der Waals surface area contributed by atoms with Gasteiger partial charge in [-0.25, -0.2) is 4.79 Å². The van der Waals surface area contributed by atoms with Crippen LogP contribution in [0.5, 0.6) is 5.75 Å². The molecule has 1 aliphatic rings. The molecule has 0 unspecified atom stereocenters. The van der Waals surface area contributed by atoms with E-state index in [0.717, 1.165) is 28.0 Å². The third-order valence-electron chi connectivity index (χ3n) is 3.34. The van der Waals surface area contributed by atoms with Gasteiger partial charge in [-0.2, -0.15) is 0 Å². The van der Waals surface area contributed by atoms with E-state index in [2.05, 4.69) is 18.2 Å². The van der Waals surface area contributed by atoms with Crippen molar-refractivity contribution >= 4 is 11.5 Å². The van der Waals surface area contributed by atoms with Gasteiger partial charge in [-0.05, 0) is 49.6 Å². The molecule has 1 aromatic carbocycles. The Morgan fingerprint density at radius 1 is 1.22 bits per heavy atom. The maximum absolute atomic E-state index is 10.6. The normalized spacial score (nSPS) is 16.6. The van der Waals surface area contributed by atoms with Gasteiger partial charge in [-0.3, -0.25) is 0 Å². The molecular weight excluding hydrogens is 288 g/mol. The Bertz CT molecular complexity index is 759. The lowest BCUT2D eigenvalue weighted by atomic mass is 9.99. The van der Waals surface area contributed by atoms with Gasteiger partial charge in [0.15, 0.2) is 0 Å². The number of ether oxygens (including phenoxy) is 1. The summed E-state index contributed by atoms with van der Waals surface area (Å²) in [5.74, 6) is -0.0726. The molecule has 0 bridgehead atoms. The SMILES string of the molecule is CC(=C/C=C/C(C)=C/C(=O)O)/C=C1\C=COc2cc(C)ccc21. The molecular formula is C20H20O3. The Kier molecular flexibility index (Phi) is 5.36. The first-order valence-corrected chi connectivity index (χ1v) is 7.38. The third kappa shape index (κ3) is 4.85. The van der Waals surface area contributed by atoms with Crippen LogP contribution in [0.2, 0.25) is 0 Å². The zero-order chi connectivity index (χ0) is 16.8. The number of rotatable bonds is 4. The van der Waals surface area contributed by atoms with Crippen molar-refractivity contribution in [2.24, 2.45) is 0 Å². The molecule has 3 nitrogen and oxygen atoms in total. The first-order chi connectivity index (χ1) is 11.0. The number of carbonyl (C=O) groups is 1. The zero-order valence-electron chi connectivity index (χ0n) is 13.5. The van der Waals surface area contributed by atoms with Gasteiger partial charge in [0.2, 0.25) is 0 Å². The van der Waals surface area contributed by atoms with E-state index in [1.165, 1.54) is 6.08 Å². The summed E-state index contributed by atoms with van der Waals surface area (Å²) in [4.78, 5) is 10.6. The van der Waals surface area contributed by atoms with Gasteiger partial charge in [0.05, 0.1) is 6.26 Å². The molecule has 1 heterocycles. The Labute approximate surface area is 136 Å². The predicted molar refractivity (Wildman–Crippen MR) is 93.2 cm³/mol. The lowest BCUT2D eigenvalue weighted by Gasteiger charge is -2.15. The van der Waals surface area contributed by atoms with Crippen molar-refractivity contribution in [3.63, 3.8) is 0 Å². The Morgan fingerprint density at radius 2 is 2.00 bits per heavy atom. The van der Waals surface area contributed by atoms with Crippen molar-refractivity contribution in [2.75, 3.05) is 0 Å². The van der Waals surface area contributed by atoms with Gasteiger partial charge in [0, 0.05) is 11.6 Å². The van der Waals surface area contributed by atoms with Gasteiger partial charge >= 0.3 is 5.97 Å². The van der Waals surface area contributed by atoms with Crippen molar-refractivity contribution in [3.05, 3.63) is 83.2 Å². The molecule has 0 fully saturated rings. The van der Waals surface area contributed by atoms with Crippen molar-refractivity contribution in [2.45, 2.75) is 20.8 Å². The smallest absolute Gasteiger partial charge is 0.328 e. The molecule has 0 aliphatic carbocycles. The topological polar surface area (TPSA) is 46.5 Å². The molecule has 2 rings (SSSR count). The molecule has 23 heavy (non-hydrogen) atoms. The maximum atomic E-state index is 10.6. The second-order valence-electron chi connectivity index (χ2n) is 5.52. The van der Waals surface area contributed by atoms with Gasteiger partial charge in [0.1, 0.15) is 5.75 Å². The van der Waals surface area contributed by atoms with Crippen molar-refractivity contribution in [1.82, 2.24) is 0 Å². The van der Waals surface area contributed by atoms with Gasteiger partial charge in [-0.1, -0.05) is 42.0 Å². The van der Waals surface area contributed by atoms with Crippen LogP contribution >= 0.6 is 0 Å². The standard InChI is InChI=1S/C20H20O3/c1-14(5-4-6-15(2)13-20(21)22)11-17-9-10-23-19-12-16(3)7-8-18(17)19/h4-13H,1-3H3,(H,21,22)/b6-4+,14-5-,15-13+,17-11+. The molecule has 118 valence electrons. The first kappa shape index (κ1) is 16.6. The number of hydrogen-bond donors (Lipinski definition) is 1. The van der Waals surface area contributed by atoms with Crippen molar-refractivity contribution in [1.29, 1.82) is 0 Å². The van der Waals surface area contributed by atoms with Crippen LogP contribution in [0.25, 0.3) is 5.57 Å². The molecule has 3 heteroatoms. The number of allylic oxidation sites excluding steroid dienone is 8. The highest BCUT2D eigenvalue weighted by Crippen LogP contribution is 2.32. The van der Waals surface area contributed by atoms with Crippen molar-refractivity contribution < 1.29 is 14.6 Å². The summed E-state index contributed by atoms with van der Waals surface area (Å²) in [6, 6.07) is 6.14. The van der Waals surface area contributed by atoms with Gasteiger partial charge in [-0.15, -0.1) is 0 Å². The second kappa shape index (κ2) is 7.45. The highest BCUT2D eigenvalue weighted by molar-refractivity contribution is 5.81. The minimum absolute atomic E-state index is 0.695. The van der Waals surface area contributed by atoms with E-state index >= 15 is 0 Å². The highest BCUT2D eigenvalue weighted by atomic mass is 16.5. The Balaban J connectivity index is 2.20. The molecule has 0 saturated heterocycles. The number of aliphatic carboxylic acids is 1. The number of benzene rings is 1. The van der Waals surface area contributed by atoms with E-state index in [9.17, 15) is 4.79 Å². The summed E-state index contributed by atoms with van der Waals surface area (Å²) in [6.45, 7) is 5.80. The van der Waals surface area contributed by atoms with Crippen LogP contribution < -0.4 is 4.74 Å². The van der Waals surface area contributed by atoms with Crippen LogP contribution in [0.1, 0.15) is 25.0 Å². The molecule has 1 aliphatic heterocycles. The average molecular weight is 308 g/mol. The van der Waals surface area contributed by atoms with E-state index in [1.807, 2.05) is 38.1 Å². The molecule has 0 saturated carbocycles. The van der Waals surface area contributed by atoms with E-state index in [4.69, 9.17) is 9.84 Å². The summed E-state index contributed by atoms with van der Waals surface area (Å²) < 4.78 is 5.55. The monoisotopic (exact) mass is 308 g/mol. The molecule has 0 amide bonds. The van der Waals surface area contributed by atoms with Crippen LogP contribution in [0, 0.1) is 6.92 Å². The van der Waals surface area contributed by atoms with E-state index in [1.54, 1.807) is 19.3 Å². The minimum Gasteiger partial charge on any atom is -0.478 e. The maximum Gasteiger partial charge on any atom is 0.328 e. The van der Waals surface area contributed by atoms with E-state index < -0.39 is 5.97 Å².